The van der Waals surface area contributed by atoms with Crippen molar-refractivity contribution in [2.75, 3.05) is 0 Å². The molecule has 0 bridgehead atoms. The highest BCUT2D eigenvalue weighted by molar-refractivity contribution is 8.00. The Morgan fingerprint density at radius 2 is 2.17 bits per heavy atom. The second-order valence-corrected chi connectivity index (χ2v) is 6.59. The largest absolute Gasteiger partial charge is 0.467 e. The van der Waals surface area contributed by atoms with E-state index in [4.69, 9.17) is 8.83 Å². The Balaban J connectivity index is 1.58. The molecular formula is C17H17N3O3S. The molecule has 0 fully saturated rings. The lowest BCUT2D eigenvalue weighted by atomic mass is 10.1. The summed E-state index contributed by atoms with van der Waals surface area (Å²) in [6, 6.07) is 11.4. The monoisotopic (exact) mass is 343 g/mol. The zero-order valence-corrected chi connectivity index (χ0v) is 14.2. The molecule has 2 aromatic heterocycles. The molecule has 0 aliphatic rings. The van der Waals surface area contributed by atoms with Gasteiger partial charge in [0.25, 0.3) is 5.22 Å². The van der Waals surface area contributed by atoms with Gasteiger partial charge in [-0.25, -0.2) is 0 Å². The molecule has 2 heterocycles. The van der Waals surface area contributed by atoms with E-state index in [1.807, 2.05) is 37.3 Å². The molecule has 0 saturated carbocycles. The Hall–Kier alpha value is -2.54. The highest BCUT2D eigenvalue weighted by atomic mass is 32.2. The van der Waals surface area contributed by atoms with Crippen molar-refractivity contribution in [2.24, 2.45) is 0 Å². The molecule has 24 heavy (non-hydrogen) atoms. The summed E-state index contributed by atoms with van der Waals surface area (Å²) in [5, 5.41) is 10.9. The smallest absolute Gasteiger partial charge is 0.277 e. The molecule has 1 N–H and O–H groups in total. The van der Waals surface area contributed by atoms with Gasteiger partial charge in [-0.05, 0) is 38.1 Å². The van der Waals surface area contributed by atoms with Crippen LogP contribution in [0.4, 0.5) is 0 Å². The maximum absolute atomic E-state index is 12.1. The van der Waals surface area contributed by atoms with Crippen molar-refractivity contribution in [3.63, 3.8) is 0 Å². The predicted octanol–water partition coefficient (Wildman–Crippen LogP) is 3.44. The molecule has 0 saturated heterocycles. The molecule has 7 heteroatoms. The predicted molar refractivity (Wildman–Crippen MR) is 90.3 cm³/mol. The summed E-state index contributed by atoms with van der Waals surface area (Å²) in [7, 11) is 0. The van der Waals surface area contributed by atoms with Crippen molar-refractivity contribution >= 4 is 17.7 Å². The van der Waals surface area contributed by atoms with Crippen LogP contribution in [0.3, 0.4) is 0 Å². The summed E-state index contributed by atoms with van der Waals surface area (Å²) in [6.45, 7) is 4.15. The summed E-state index contributed by atoms with van der Waals surface area (Å²) < 4.78 is 10.8. The lowest BCUT2D eigenvalue weighted by molar-refractivity contribution is -0.120. The number of rotatable bonds is 6. The van der Waals surface area contributed by atoms with Crippen LogP contribution < -0.4 is 5.32 Å². The number of aryl methyl sites for hydroxylation is 1. The van der Waals surface area contributed by atoms with Crippen molar-refractivity contribution in [3.05, 3.63) is 54.0 Å². The lowest BCUT2D eigenvalue weighted by Gasteiger charge is -2.08. The van der Waals surface area contributed by atoms with E-state index in [1.165, 1.54) is 11.8 Å². The molecule has 1 atom stereocenters. The standard InChI is InChI=1S/C17H17N3O3S/c1-11-5-3-6-13(9-11)16-19-20-17(23-16)24-12(2)15(21)18-10-14-7-4-8-22-14/h3-9,12H,10H2,1-2H3,(H,18,21)/t12-/m1/s1. The second-order valence-electron chi connectivity index (χ2n) is 5.30. The molecule has 1 amide bonds. The van der Waals surface area contributed by atoms with Gasteiger partial charge in [0.05, 0.1) is 18.1 Å². The normalized spacial score (nSPS) is 12.1. The summed E-state index contributed by atoms with van der Waals surface area (Å²) >= 11 is 1.23. The van der Waals surface area contributed by atoms with E-state index in [0.29, 0.717) is 23.4 Å². The number of thioether (sulfide) groups is 1. The SMILES string of the molecule is Cc1cccc(-c2nnc(S[C@H](C)C(=O)NCc3ccco3)o2)c1. The van der Waals surface area contributed by atoms with Crippen molar-refractivity contribution in [2.45, 2.75) is 30.9 Å². The number of nitrogens with one attached hydrogen (secondary N) is 1. The van der Waals surface area contributed by atoms with Gasteiger partial charge >= 0.3 is 0 Å². The first kappa shape index (κ1) is 16.3. The summed E-state index contributed by atoms with van der Waals surface area (Å²) in [4.78, 5) is 12.1. The van der Waals surface area contributed by atoms with E-state index >= 15 is 0 Å². The van der Waals surface area contributed by atoms with Crippen molar-refractivity contribution in [3.8, 4) is 11.5 Å². The number of aromatic nitrogens is 2. The minimum atomic E-state index is -0.356. The fourth-order valence-corrected chi connectivity index (χ4v) is 2.80. The van der Waals surface area contributed by atoms with Crippen LogP contribution in [0, 0.1) is 6.92 Å². The highest BCUT2D eigenvalue weighted by Gasteiger charge is 2.18. The molecule has 0 unspecified atom stereocenters. The number of carbonyl (C=O) groups excluding carboxylic acids is 1. The van der Waals surface area contributed by atoms with Crippen LogP contribution in [0.5, 0.6) is 0 Å². The first-order chi connectivity index (χ1) is 11.6. The zero-order chi connectivity index (χ0) is 16.9. The molecule has 6 nitrogen and oxygen atoms in total. The van der Waals surface area contributed by atoms with E-state index in [2.05, 4.69) is 15.5 Å². The Morgan fingerprint density at radius 1 is 1.29 bits per heavy atom. The Kier molecular flexibility index (Phi) is 5.00. The van der Waals surface area contributed by atoms with Crippen LogP contribution in [0.15, 0.2) is 56.7 Å². The highest BCUT2D eigenvalue weighted by Crippen LogP contribution is 2.26. The molecule has 0 aliphatic carbocycles. The third-order valence-corrected chi connectivity index (χ3v) is 4.27. The third-order valence-electron chi connectivity index (χ3n) is 3.34. The van der Waals surface area contributed by atoms with Gasteiger partial charge in [0.15, 0.2) is 0 Å². The van der Waals surface area contributed by atoms with E-state index in [0.717, 1.165) is 11.1 Å². The fourth-order valence-electron chi connectivity index (χ4n) is 2.09. The third kappa shape index (κ3) is 4.05. The maximum Gasteiger partial charge on any atom is 0.277 e. The Bertz CT molecular complexity index is 814. The minimum Gasteiger partial charge on any atom is -0.467 e. The molecule has 1 aromatic carbocycles. The molecule has 124 valence electrons. The van der Waals surface area contributed by atoms with Gasteiger partial charge in [-0.1, -0.05) is 29.5 Å². The van der Waals surface area contributed by atoms with Gasteiger partial charge in [-0.3, -0.25) is 4.79 Å². The summed E-state index contributed by atoms with van der Waals surface area (Å²) in [5.74, 6) is 1.04. The number of amides is 1. The summed E-state index contributed by atoms with van der Waals surface area (Å²) in [5.41, 5.74) is 1.98. The van der Waals surface area contributed by atoms with E-state index in [9.17, 15) is 4.79 Å². The first-order valence-corrected chi connectivity index (χ1v) is 8.37. The van der Waals surface area contributed by atoms with Gasteiger partial charge in [-0.15, -0.1) is 10.2 Å². The lowest BCUT2D eigenvalue weighted by Crippen LogP contribution is -2.30. The Labute approximate surface area is 143 Å². The zero-order valence-electron chi connectivity index (χ0n) is 13.4. The van der Waals surface area contributed by atoms with Gasteiger partial charge in [0.1, 0.15) is 5.76 Å². The van der Waals surface area contributed by atoms with Crippen LogP contribution in [0.2, 0.25) is 0 Å². The average Bonchev–Trinajstić information content (AvgIpc) is 3.24. The van der Waals surface area contributed by atoms with Crippen LogP contribution >= 0.6 is 11.8 Å². The minimum absolute atomic E-state index is 0.119. The quantitative estimate of drug-likeness (QED) is 0.691. The topological polar surface area (TPSA) is 81.2 Å². The fraction of sp³-hybridized carbons (Fsp3) is 0.235. The number of nitrogens with zero attached hydrogens (tertiary/aromatic N) is 2. The second kappa shape index (κ2) is 7.35. The van der Waals surface area contributed by atoms with Crippen molar-refractivity contribution in [1.82, 2.24) is 15.5 Å². The maximum atomic E-state index is 12.1. The van der Waals surface area contributed by atoms with E-state index < -0.39 is 0 Å². The Morgan fingerprint density at radius 3 is 2.92 bits per heavy atom. The van der Waals surface area contributed by atoms with E-state index in [-0.39, 0.29) is 11.2 Å². The van der Waals surface area contributed by atoms with Crippen LogP contribution in [-0.2, 0) is 11.3 Å². The summed E-state index contributed by atoms with van der Waals surface area (Å²) in [6.07, 6.45) is 1.57. The number of carbonyl (C=O) groups is 1. The van der Waals surface area contributed by atoms with Gasteiger partial charge in [0, 0.05) is 5.56 Å². The van der Waals surface area contributed by atoms with Crippen LogP contribution in [0.1, 0.15) is 18.2 Å². The number of furan rings is 1. The van der Waals surface area contributed by atoms with Crippen molar-refractivity contribution in [1.29, 1.82) is 0 Å². The van der Waals surface area contributed by atoms with Crippen LogP contribution in [-0.4, -0.2) is 21.4 Å². The average molecular weight is 343 g/mol. The van der Waals surface area contributed by atoms with Gasteiger partial charge in [0.2, 0.25) is 11.8 Å². The molecular weight excluding hydrogens is 326 g/mol. The molecule has 0 radical (unpaired) electrons. The number of hydrogen-bond donors (Lipinski definition) is 1. The molecule has 0 aliphatic heterocycles. The van der Waals surface area contributed by atoms with Gasteiger partial charge < -0.3 is 14.2 Å². The van der Waals surface area contributed by atoms with Crippen molar-refractivity contribution < 1.29 is 13.6 Å². The molecule has 0 spiro atoms. The van der Waals surface area contributed by atoms with Crippen LogP contribution in [0.25, 0.3) is 11.5 Å². The van der Waals surface area contributed by atoms with Gasteiger partial charge in [-0.2, -0.15) is 0 Å². The van der Waals surface area contributed by atoms with E-state index in [1.54, 1.807) is 19.3 Å². The molecule has 3 rings (SSSR count). The number of benzene rings is 1. The molecule has 3 aromatic rings. The first-order valence-electron chi connectivity index (χ1n) is 7.49. The number of hydrogen-bond acceptors (Lipinski definition) is 6.